The van der Waals surface area contributed by atoms with Crippen LogP contribution < -0.4 is 16.4 Å². The van der Waals surface area contributed by atoms with E-state index in [9.17, 15) is 19.2 Å². The second kappa shape index (κ2) is 14.7. The lowest BCUT2D eigenvalue weighted by Crippen LogP contribution is -2.55. The van der Waals surface area contributed by atoms with Crippen LogP contribution in [-0.4, -0.2) is 46.4 Å². The maximum Gasteiger partial charge on any atom is 0.408 e. The van der Waals surface area contributed by atoms with Crippen molar-refractivity contribution in [3.05, 3.63) is 71.3 Å². The molecule has 2 rings (SSSR count). The minimum Gasteiger partial charge on any atom is -0.444 e. The average molecular weight is 549 g/mol. The van der Waals surface area contributed by atoms with Crippen molar-refractivity contribution < 1.29 is 23.9 Å². The molecule has 2 aromatic rings. The van der Waals surface area contributed by atoms with Gasteiger partial charge in [-0.25, -0.2) is 4.79 Å². The number of terminal acetylenes is 1. The van der Waals surface area contributed by atoms with Gasteiger partial charge >= 0.3 is 6.09 Å². The van der Waals surface area contributed by atoms with E-state index in [0.717, 1.165) is 5.56 Å². The standard InChI is InChI=1S/C31H40N4O5/c1-7-21(3)35(29(38)25(18-19-26(32)36)34-30(39)40-31(4,5)6)27(24-16-14-22(8-2)15-17-24)28(37)33-20-23-12-10-9-11-13-23/h2,9-17,21,25,27H,7,18-20H2,1,3-6H3,(H2,32,36)(H,33,37)(H,34,39). The van der Waals surface area contributed by atoms with Crippen molar-refractivity contribution in [3.8, 4) is 12.3 Å². The number of amides is 4. The molecule has 0 aliphatic rings. The van der Waals surface area contributed by atoms with Crippen LogP contribution in [0.4, 0.5) is 4.79 Å². The lowest BCUT2D eigenvalue weighted by atomic mass is 9.98. The SMILES string of the molecule is C#Cc1ccc(C(C(=O)NCc2ccccc2)N(C(=O)C(CCC(N)=O)NC(=O)OC(C)(C)C)C(C)CC)cc1. The van der Waals surface area contributed by atoms with Gasteiger partial charge in [0.25, 0.3) is 0 Å². The molecule has 0 spiro atoms. The zero-order valence-corrected chi connectivity index (χ0v) is 23.9. The van der Waals surface area contributed by atoms with Gasteiger partial charge < -0.3 is 26.0 Å². The summed E-state index contributed by atoms with van der Waals surface area (Å²) in [5.74, 6) is 0.985. The molecule has 0 fully saturated rings. The molecule has 9 nitrogen and oxygen atoms in total. The number of hydrogen-bond donors (Lipinski definition) is 3. The molecular formula is C31H40N4O5. The Morgan fingerprint density at radius 2 is 1.68 bits per heavy atom. The molecule has 2 aromatic carbocycles. The van der Waals surface area contributed by atoms with Crippen LogP contribution in [0.15, 0.2) is 54.6 Å². The summed E-state index contributed by atoms with van der Waals surface area (Å²) in [7, 11) is 0. The first-order chi connectivity index (χ1) is 18.9. The Hall–Kier alpha value is -4.32. The summed E-state index contributed by atoms with van der Waals surface area (Å²) in [4.78, 5) is 53.7. The van der Waals surface area contributed by atoms with Crippen molar-refractivity contribution in [3.63, 3.8) is 0 Å². The molecule has 0 bridgehead atoms. The molecule has 0 heterocycles. The van der Waals surface area contributed by atoms with E-state index in [1.54, 1.807) is 45.0 Å². The van der Waals surface area contributed by atoms with Gasteiger partial charge in [-0.15, -0.1) is 6.42 Å². The third-order valence-corrected chi connectivity index (χ3v) is 6.22. The first kappa shape index (κ1) is 31.9. The van der Waals surface area contributed by atoms with E-state index in [-0.39, 0.29) is 19.4 Å². The molecule has 4 N–H and O–H groups in total. The van der Waals surface area contributed by atoms with Crippen molar-refractivity contribution in [2.45, 2.75) is 84.2 Å². The topological polar surface area (TPSA) is 131 Å². The van der Waals surface area contributed by atoms with E-state index >= 15 is 0 Å². The van der Waals surface area contributed by atoms with Crippen LogP contribution in [0.5, 0.6) is 0 Å². The molecular weight excluding hydrogens is 508 g/mol. The summed E-state index contributed by atoms with van der Waals surface area (Å²) in [5.41, 5.74) is 6.62. The number of alkyl carbamates (subject to hydrolysis) is 1. The molecule has 3 atom stereocenters. The molecule has 0 saturated heterocycles. The number of nitrogens with zero attached hydrogens (tertiary/aromatic N) is 1. The Kier molecular flexibility index (Phi) is 11.7. The third-order valence-electron chi connectivity index (χ3n) is 6.22. The summed E-state index contributed by atoms with van der Waals surface area (Å²) in [6, 6.07) is 13.6. The minimum absolute atomic E-state index is 0.0608. The predicted octanol–water partition coefficient (Wildman–Crippen LogP) is 3.81. The van der Waals surface area contributed by atoms with Gasteiger partial charge in [0.05, 0.1) is 0 Å². The fourth-order valence-electron chi connectivity index (χ4n) is 4.05. The first-order valence-electron chi connectivity index (χ1n) is 13.3. The molecule has 0 radical (unpaired) electrons. The van der Waals surface area contributed by atoms with Gasteiger partial charge in [0.1, 0.15) is 17.7 Å². The van der Waals surface area contributed by atoms with Gasteiger partial charge in [0.15, 0.2) is 0 Å². The van der Waals surface area contributed by atoms with Crippen LogP contribution >= 0.6 is 0 Å². The molecule has 214 valence electrons. The van der Waals surface area contributed by atoms with E-state index in [2.05, 4.69) is 16.6 Å². The van der Waals surface area contributed by atoms with Gasteiger partial charge in [-0.1, -0.05) is 55.3 Å². The lowest BCUT2D eigenvalue weighted by Gasteiger charge is -2.38. The number of carbonyl (C=O) groups is 4. The summed E-state index contributed by atoms with van der Waals surface area (Å²) in [6.45, 7) is 9.07. The van der Waals surface area contributed by atoms with Crippen LogP contribution in [0.25, 0.3) is 0 Å². The summed E-state index contributed by atoms with van der Waals surface area (Å²) < 4.78 is 5.36. The number of hydrogen-bond acceptors (Lipinski definition) is 5. The second-order valence-corrected chi connectivity index (χ2v) is 10.6. The molecule has 3 unspecified atom stereocenters. The van der Waals surface area contributed by atoms with Crippen molar-refractivity contribution in [1.29, 1.82) is 0 Å². The van der Waals surface area contributed by atoms with Gasteiger partial charge in [-0.05, 0) is 63.8 Å². The van der Waals surface area contributed by atoms with Crippen LogP contribution in [0, 0.1) is 12.3 Å². The van der Waals surface area contributed by atoms with Crippen LogP contribution in [0.2, 0.25) is 0 Å². The number of nitrogens with one attached hydrogen (secondary N) is 2. The lowest BCUT2D eigenvalue weighted by molar-refractivity contribution is -0.145. The van der Waals surface area contributed by atoms with E-state index < -0.39 is 47.5 Å². The number of benzene rings is 2. The Labute approximate surface area is 236 Å². The number of nitrogens with two attached hydrogens (primary N) is 1. The molecule has 4 amide bonds. The van der Waals surface area contributed by atoms with Gasteiger partial charge in [0, 0.05) is 24.6 Å². The van der Waals surface area contributed by atoms with E-state index in [1.807, 2.05) is 44.2 Å². The van der Waals surface area contributed by atoms with E-state index in [4.69, 9.17) is 16.9 Å². The maximum atomic E-state index is 14.2. The Morgan fingerprint density at radius 1 is 1.05 bits per heavy atom. The third kappa shape index (κ3) is 9.77. The summed E-state index contributed by atoms with van der Waals surface area (Å²) in [5, 5.41) is 5.53. The van der Waals surface area contributed by atoms with Crippen molar-refractivity contribution in [2.24, 2.45) is 5.73 Å². The fourth-order valence-corrected chi connectivity index (χ4v) is 4.05. The van der Waals surface area contributed by atoms with Gasteiger partial charge in [-0.3, -0.25) is 14.4 Å². The smallest absolute Gasteiger partial charge is 0.408 e. The molecule has 40 heavy (non-hydrogen) atoms. The second-order valence-electron chi connectivity index (χ2n) is 10.6. The summed E-state index contributed by atoms with van der Waals surface area (Å²) in [6.07, 6.45) is 5.02. The zero-order chi connectivity index (χ0) is 29.9. The van der Waals surface area contributed by atoms with Crippen LogP contribution in [-0.2, 0) is 25.7 Å². The normalized spacial score (nSPS) is 13.2. The Morgan fingerprint density at radius 3 is 2.20 bits per heavy atom. The minimum atomic E-state index is -1.16. The predicted molar refractivity (Wildman–Crippen MR) is 154 cm³/mol. The molecule has 0 aliphatic heterocycles. The molecule has 0 aliphatic carbocycles. The van der Waals surface area contributed by atoms with E-state index in [1.165, 1.54) is 4.90 Å². The van der Waals surface area contributed by atoms with Gasteiger partial charge in [-0.2, -0.15) is 0 Å². The number of carbonyl (C=O) groups excluding carboxylic acids is 4. The monoisotopic (exact) mass is 548 g/mol. The number of rotatable bonds is 12. The highest BCUT2D eigenvalue weighted by atomic mass is 16.6. The largest absolute Gasteiger partial charge is 0.444 e. The van der Waals surface area contributed by atoms with Crippen molar-refractivity contribution >= 4 is 23.8 Å². The van der Waals surface area contributed by atoms with Crippen LogP contribution in [0.3, 0.4) is 0 Å². The Bertz CT molecular complexity index is 1200. The quantitative estimate of drug-likeness (QED) is 0.347. The highest BCUT2D eigenvalue weighted by Crippen LogP contribution is 2.27. The van der Waals surface area contributed by atoms with Crippen molar-refractivity contribution in [2.75, 3.05) is 0 Å². The fraction of sp³-hybridized carbons (Fsp3) is 0.419. The van der Waals surface area contributed by atoms with Gasteiger partial charge in [0.2, 0.25) is 17.7 Å². The molecule has 0 aromatic heterocycles. The number of ether oxygens (including phenoxy) is 1. The van der Waals surface area contributed by atoms with E-state index in [0.29, 0.717) is 17.5 Å². The molecule has 0 saturated carbocycles. The highest BCUT2D eigenvalue weighted by Gasteiger charge is 2.38. The zero-order valence-electron chi connectivity index (χ0n) is 23.9. The summed E-state index contributed by atoms with van der Waals surface area (Å²) >= 11 is 0. The first-order valence-corrected chi connectivity index (χ1v) is 13.3. The highest BCUT2D eigenvalue weighted by molar-refractivity contribution is 5.92. The molecule has 9 heteroatoms. The number of primary amides is 1. The Balaban J connectivity index is 2.52. The maximum absolute atomic E-state index is 14.2. The average Bonchev–Trinajstić information content (AvgIpc) is 2.91. The van der Waals surface area contributed by atoms with Crippen LogP contribution in [0.1, 0.15) is 76.6 Å². The van der Waals surface area contributed by atoms with Crippen molar-refractivity contribution in [1.82, 2.24) is 15.5 Å².